The number of hydrogen-bond donors (Lipinski definition) is 0. The maximum atomic E-state index is 5.79. The van der Waals surface area contributed by atoms with Crippen molar-refractivity contribution in [3.05, 3.63) is 66.7 Å². The smallest absolute Gasteiger partial charge is 0.277 e. The molecule has 2 aromatic heterocycles. The Hall–Kier alpha value is -3.06. The molecule has 0 unspecified atom stereocenters. The molecule has 6 nitrogen and oxygen atoms in total. The first-order chi connectivity index (χ1) is 13.3. The van der Waals surface area contributed by atoms with Crippen LogP contribution >= 0.6 is 11.8 Å². The van der Waals surface area contributed by atoms with Crippen molar-refractivity contribution in [2.24, 2.45) is 0 Å². The monoisotopic (exact) mass is 379 g/mol. The van der Waals surface area contributed by atoms with Gasteiger partial charge in [0.25, 0.3) is 11.1 Å². The van der Waals surface area contributed by atoms with E-state index < -0.39 is 0 Å². The SMILES string of the molecule is CCOc1ccccc1-c1nnc(SCc2ncc(-c3ccccc3)o2)o1. The second kappa shape index (κ2) is 8.09. The molecule has 7 heteroatoms. The standard InChI is InChI=1S/C20H17N3O3S/c1-2-24-16-11-7-6-10-15(16)19-22-23-20(26-19)27-13-18-21-12-17(25-18)14-8-4-3-5-9-14/h3-12H,2,13H2,1H3. The van der Waals surface area contributed by atoms with Gasteiger partial charge in [-0.15, -0.1) is 10.2 Å². The third-order valence-corrected chi connectivity index (χ3v) is 4.56. The van der Waals surface area contributed by atoms with Crippen molar-refractivity contribution in [1.29, 1.82) is 0 Å². The highest BCUT2D eigenvalue weighted by Gasteiger charge is 2.15. The van der Waals surface area contributed by atoms with Crippen LogP contribution in [0.25, 0.3) is 22.8 Å². The summed E-state index contributed by atoms with van der Waals surface area (Å²) in [7, 11) is 0. The normalized spacial score (nSPS) is 10.9. The van der Waals surface area contributed by atoms with Gasteiger partial charge in [0, 0.05) is 5.56 Å². The van der Waals surface area contributed by atoms with Crippen molar-refractivity contribution >= 4 is 11.8 Å². The van der Waals surface area contributed by atoms with Gasteiger partial charge in [-0.2, -0.15) is 0 Å². The molecule has 2 heterocycles. The predicted octanol–water partition coefficient (Wildman–Crippen LogP) is 5.08. The number of nitrogens with zero attached hydrogens (tertiary/aromatic N) is 3. The number of thioether (sulfide) groups is 1. The number of oxazole rings is 1. The zero-order valence-corrected chi connectivity index (χ0v) is 15.5. The van der Waals surface area contributed by atoms with Crippen LogP contribution in [0, 0.1) is 0 Å². The number of hydrogen-bond acceptors (Lipinski definition) is 7. The van der Waals surface area contributed by atoms with Crippen LogP contribution in [-0.2, 0) is 5.75 Å². The van der Waals surface area contributed by atoms with E-state index in [0.29, 0.717) is 29.4 Å². The summed E-state index contributed by atoms with van der Waals surface area (Å²) >= 11 is 1.38. The molecule has 0 saturated heterocycles. The van der Waals surface area contributed by atoms with Gasteiger partial charge >= 0.3 is 0 Å². The minimum atomic E-state index is 0.430. The number of para-hydroxylation sites is 1. The summed E-state index contributed by atoms with van der Waals surface area (Å²) in [5.74, 6) is 3.00. The lowest BCUT2D eigenvalue weighted by molar-refractivity contribution is 0.340. The molecule has 0 radical (unpaired) electrons. The van der Waals surface area contributed by atoms with Crippen LogP contribution < -0.4 is 4.74 Å². The molecule has 4 rings (SSSR count). The van der Waals surface area contributed by atoms with Crippen molar-refractivity contribution in [2.75, 3.05) is 6.61 Å². The van der Waals surface area contributed by atoms with E-state index in [9.17, 15) is 0 Å². The average molecular weight is 379 g/mol. The highest BCUT2D eigenvalue weighted by atomic mass is 32.2. The lowest BCUT2D eigenvalue weighted by Crippen LogP contribution is -1.93. The second-order valence-corrected chi connectivity index (χ2v) is 6.50. The molecule has 0 aliphatic rings. The fraction of sp³-hybridized carbons (Fsp3) is 0.150. The number of rotatable bonds is 7. The molecule has 0 amide bonds. The van der Waals surface area contributed by atoms with Gasteiger partial charge < -0.3 is 13.6 Å². The van der Waals surface area contributed by atoms with Crippen molar-refractivity contribution < 1.29 is 13.6 Å². The first-order valence-electron chi connectivity index (χ1n) is 8.52. The van der Waals surface area contributed by atoms with Gasteiger partial charge in [0.1, 0.15) is 5.75 Å². The highest BCUT2D eigenvalue weighted by Crippen LogP contribution is 2.31. The zero-order chi connectivity index (χ0) is 18.5. The molecule has 27 heavy (non-hydrogen) atoms. The topological polar surface area (TPSA) is 74.2 Å². The van der Waals surface area contributed by atoms with E-state index >= 15 is 0 Å². The van der Waals surface area contributed by atoms with Crippen molar-refractivity contribution in [3.63, 3.8) is 0 Å². The van der Waals surface area contributed by atoms with Gasteiger partial charge in [-0.25, -0.2) is 4.98 Å². The quantitative estimate of drug-likeness (QED) is 0.414. The molecule has 0 fully saturated rings. The van der Waals surface area contributed by atoms with E-state index in [1.807, 2.05) is 61.5 Å². The summed E-state index contributed by atoms with van der Waals surface area (Å²) in [6.45, 7) is 2.51. The Morgan fingerprint density at radius 2 is 1.78 bits per heavy atom. The molecule has 0 aliphatic carbocycles. The summed E-state index contributed by atoms with van der Waals surface area (Å²) in [4.78, 5) is 4.31. The van der Waals surface area contributed by atoms with E-state index in [2.05, 4.69) is 15.2 Å². The minimum absolute atomic E-state index is 0.430. The van der Waals surface area contributed by atoms with Gasteiger partial charge in [0.2, 0.25) is 5.89 Å². The lowest BCUT2D eigenvalue weighted by Gasteiger charge is -2.05. The first kappa shape index (κ1) is 17.4. The number of ether oxygens (including phenoxy) is 1. The minimum Gasteiger partial charge on any atom is -0.493 e. The summed E-state index contributed by atoms with van der Waals surface area (Å²) in [5, 5.41) is 8.68. The summed E-state index contributed by atoms with van der Waals surface area (Å²) in [5.41, 5.74) is 1.77. The summed E-state index contributed by atoms with van der Waals surface area (Å²) < 4.78 is 17.2. The predicted molar refractivity (Wildman–Crippen MR) is 102 cm³/mol. The largest absolute Gasteiger partial charge is 0.493 e. The maximum absolute atomic E-state index is 5.79. The lowest BCUT2D eigenvalue weighted by atomic mass is 10.2. The Balaban J connectivity index is 1.44. The third-order valence-electron chi connectivity index (χ3n) is 3.75. The average Bonchev–Trinajstić information content (AvgIpc) is 3.37. The molecule has 4 aromatic rings. The van der Waals surface area contributed by atoms with Gasteiger partial charge in [-0.3, -0.25) is 0 Å². The van der Waals surface area contributed by atoms with Gasteiger partial charge in [0.05, 0.1) is 24.1 Å². The molecule has 0 spiro atoms. The number of benzene rings is 2. The molecule has 0 bridgehead atoms. The van der Waals surface area contributed by atoms with Crippen LogP contribution in [-0.4, -0.2) is 21.8 Å². The van der Waals surface area contributed by atoms with E-state index in [0.717, 1.165) is 22.6 Å². The van der Waals surface area contributed by atoms with Crippen LogP contribution in [0.4, 0.5) is 0 Å². The first-order valence-corrected chi connectivity index (χ1v) is 9.50. The molecular weight excluding hydrogens is 362 g/mol. The van der Waals surface area contributed by atoms with Crippen molar-refractivity contribution in [2.45, 2.75) is 17.9 Å². The Labute approximate surface area is 160 Å². The molecule has 0 N–H and O–H groups in total. The fourth-order valence-electron chi connectivity index (χ4n) is 2.54. The number of aromatic nitrogens is 3. The highest BCUT2D eigenvalue weighted by molar-refractivity contribution is 7.98. The van der Waals surface area contributed by atoms with Crippen LogP contribution in [0.3, 0.4) is 0 Å². The molecule has 0 saturated carbocycles. The summed E-state index contributed by atoms with van der Waals surface area (Å²) in [6, 6.07) is 17.5. The van der Waals surface area contributed by atoms with E-state index in [4.69, 9.17) is 13.6 Å². The van der Waals surface area contributed by atoms with E-state index in [-0.39, 0.29) is 0 Å². The van der Waals surface area contributed by atoms with E-state index in [1.165, 1.54) is 11.8 Å². The Morgan fingerprint density at radius 3 is 2.63 bits per heavy atom. The Morgan fingerprint density at radius 1 is 0.963 bits per heavy atom. The maximum Gasteiger partial charge on any atom is 0.277 e. The van der Waals surface area contributed by atoms with Crippen LogP contribution in [0.15, 0.2) is 74.9 Å². The Bertz CT molecular complexity index is 1010. The third kappa shape index (κ3) is 4.03. The Kier molecular flexibility index (Phi) is 5.20. The molecular formula is C20H17N3O3S. The molecule has 0 aliphatic heterocycles. The molecule has 2 aromatic carbocycles. The van der Waals surface area contributed by atoms with Crippen molar-refractivity contribution in [3.8, 4) is 28.5 Å². The van der Waals surface area contributed by atoms with Crippen LogP contribution in [0.1, 0.15) is 12.8 Å². The summed E-state index contributed by atoms with van der Waals surface area (Å²) in [6.07, 6.45) is 1.73. The fourth-order valence-corrected chi connectivity index (χ4v) is 3.15. The molecule has 0 atom stereocenters. The van der Waals surface area contributed by atoms with Gasteiger partial charge in [-0.05, 0) is 19.1 Å². The van der Waals surface area contributed by atoms with Gasteiger partial charge in [0.15, 0.2) is 5.76 Å². The molecule has 136 valence electrons. The van der Waals surface area contributed by atoms with E-state index in [1.54, 1.807) is 6.20 Å². The zero-order valence-electron chi connectivity index (χ0n) is 14.7. The van der Waals surface area contributed by atoms with Crippen LogP contribution in [0.5, 0.6) is 5.75 Å². The van der Waals surface area contributed by atoms with Crippen LogP contribution in [0.2, 0.25) is 0 Å². The van der Waals surface area contributed by atoms with Gasteiger partial charge in [-0.1, -0.05) is 54.2 Å². The van der Waals surface area contributed by atoms with Crippen molar-refractivity contribution in [1.82, 2.24) is 15.2 Å². The second-order valence-electron chi connectivity index (χ2n) is 5.58.